The summed E-state index contributed by atoms with van der Waals surface area (Å²) in [5.74, 6) is -0.173. The highest BCUT2D eigenvalue weighted by Crippen LogP contribution is 2.27. The van der Waals surface area contributed by atoms with E-state index in [1.54, 1.807) is 6.07 Å². The smallest absolute Gasteiger partial charge is 0.127 e. The van der Waals surface area contributed by atoms with E-state index in [0.717, 1.165) is 22.4 Å². The van der Waals surface area contributed by atoms with Crippen molar-refractivity contribution in [3.8, 4) is 0 Å². The highest BCUT2D eigenvalue weighted by atomic mass is 79.9. The molecule has 3 nitrogen and oxygen atoms in total. The van der Waals surface area contributed by atoms with Gasteiger partial charge in [-0.05, 0) is 35.5 Å². The minimum Gasteiger partial charge on any atom is -0.310 e. The molecule has 1 atom stereocenters. The predicted octanol–water partition coefficient (Wildman–Crippen LogP) is 3.52. The molecule has 0 aliphatic rings. The Bertz CT molecular complexity index is 595. The number of hydrogen-bond donors (Lipinski definition) is 1. The molecule has 0 fully saturated rings. The van der Waals surface area contributed by atoms with Gasteiger partial charge >= 0.3 is 0 Å². The standard InChI is InChI=1S/C15H19BrFN3/c1-4-18-13(11-7-5-6-8-12(11)17)9-14-15(16)10(2)19-20(14)3/h5-8,13,18H,4,9H2,1-3H3. The second-order valence-corrected chi connectivity index (χ2v) is 5.60. The van der Waals surface area contributed by atoms with Gasteiger partial charge in [-0.2, -0.15) is 5.10 Å². The third kappa shape index (κ3) is 3.10. The maximum Gasteiger partial charge on any atom is 0.127 e. The average Bonchev–Trinajstić information content (AvgIpc) is 2.65. The Morgan fingerprint density at radius 3 is 2.65 bits per heavy atom. The third-order valence-electron chi connectivity index (χ3n) is 3.39. The van der Waals surface area contributed by atoms with Gasteiger partial charge in [0.05, 0.1) is 15.9 Å². The average molecular weight is 340 g/mol. The summed E-state index contributed by atoms with van der Waals surface area (Å²) in [7, 11) is 1.91. The van der Waals surface area contributed by atoms with E-state index in [2.05, 4.69) is 26.3 Å². The second-order valence-electron chi connectivity index (χ2n) is 4.81. The van der Waals surface area contributed by atoms with Crippen LogP contribution in [0.3, 0.4) is 0 Å². The van der Waals surface area contributed by atoms with Crippen molar-refractivity contribution in [2.75, 3.05) is 6.54 Å². The van der Waals surface area contributed by atoms with Crippen LogP contribution in [0.1, 0.15) is 29.9 Å². The number of aryl methyl sites for hydroxylation is 2. The molecule has 1 aromatic carbocycles. The van der Waals surface area contributed by atoms with E-state index in [1.807, 2.05) is 37.7 Å². The zero-order valence-corrected chi connectivity index (χ0v) is 13.5. The normalized spacial score (nSPS) is 12.7. The first-order valence-electron chi connectivity index (χ1n) is 6.70. The van der Waals surface area contributed by atoms with Crippen molar-refractivity contribution in [3.05, 3.63) is 51.5 Å². The fraction of sp³-hybridized carbons (Fsp3) is 0.400. The Morgan fingerprint density at radius 1 is 1.40 bits per heavy atom. The summed E-state index contributed by atoms with van der Waals surface area (Å²) in [5.41, 5.74) is 2.71. The van der Waals surface area contributed by atoms with Crippen molar-refractivity contribution in [2.45, 2.75) is 26.3 Å². The van der Waals surface area contributed by atoms with Crippen LogP contribution in [0.25, 0.3) is 0 Å². The number of benzene rings is 1. The van der Waals surface area contributed by atoms with E-state index in [9.17, 15) is 4.39 Å². The Labute approximate surface area is 127 Å². The molecule has 0 saturated carbocycles. The lowest BCUT2D eigenvalue weighted by Gasteiger charge is -2.19. The van der Waals surface area contributed by atoms with Crippen LogP contribution in [-0.2, 0) is 13.5 Å². The lowest BCUT2D eigenvalue weighted by molar-refractivity contribution is 0.496. The number of likely N-dealkylation sites (N-methyl/N-ethyl adjacent to an activating group) is 1. The van der Waals surface area contributed by atoms with Crippen molar-refractivity contribution in [3.63, 3.8) is 0 Å². The van der Waals surface area contributed by atoms with Gasteiger partial charge < -0.3 is 5.32 Å². The van der Waals surface area contributed by atoms with Crippen molar-refractivity contribution in [1.29, 1.82) is 0 Å². The molecular weight excluding hydrogens is 321 g/mol. The van der Waals surface area contributed by atoms with Crippen molar-refractivity contribution < 1.29 is 4.39 Å². The molecule has 1 aromatic heterocycles. The van der Waals surface area contributed by atoms with Crippen molar-refractivity contribution in [1.82, 2.24) is 15.1 Å². The van der Waals surface area contributed by atoms with Crippen molar-refractivity contribution in [2.24, 2.45) is 7.05 Å². The van der Waals surface area contributed by atoms with E-state index in [4.69, 9.17) is 0 Å². The quantitative estimate of drug-likeness (QED) is 0.903. The van der Waals surface area contributed by atoms with E-state index < -0.39 is 0 Å². The van der Waals surface area contributed by atoms with Crippen molar-refractivity contribution >= 4 is 15.9 Å². The van der Waals surface area contributed by atoms with E-state index >= 15 is 0 Å². The summed E-state index contributed by atoms with van der Waals surface area (Å²) in [6, 6.07) is 6.86. The van der Waals surface area contributed by atoms with Crippen LogP contribution >= 0.6 is 15.9 Å². The monoisotopic (exact) mass is 339 g/mol. The highest BCUT2D eigenvalue weighted by molar-refractivity contribution is 9.10. The molecule has 0 aliphatic carbocycles. The van der Waals surface area contributed by atoms with Crippen LogP contribution in [-0.4, -0.2) is 16.3 Å². The van der Waals surface area contributed by atoms with Gasteiger partial charge in [0.15, 0.2) is 0 Å². The number of hydrogen-bond acceptors (Lipinski definition) is 2. The minimum absolute atomic E-state index is 0.0627. The molecule has 0 spiro atoms. The van der Waals surface area contributed by atoms with Crippen LogP contribution in [0, 0.1) is 12.7 Å². The Morgan fingerprint density at radius 2 is 2.10 bits per heavy atom. The summed E-state index contributed by atoms with van der Waals surface area (Å²) < 4.78 is 16.8. The molecule has 1 heterocycles. The number of nitrogens with zero attached hydrogens (tertiary/aromatic N) is 2. The number of halogens is 2. The van der Waals surface area contributed by atoms with Gasteiger partial charge in [0, 0.05) is 25.1 Å². The maximum absolute atomic E-state index is 14.0. The predicted molar refractivity (Wildman–Crippen MR) is 82.2 cm³/mol. The molecule has 0 aliphatic heterocycles. The molecule has 20 heavy (non-hydrogen) atoms. The molecule has 2 rings (SSSR count). The molecule has 2 aromatic rings. The summed E-state index contributed by atoms with van der Waals surface area (Å²) in [6.07, 6.45) is 0.687. The fourth-order valence-electron chi connectivity index (χ4n) is 2.39. The first-order valence-corrected chi connectivity index (χ1v) is 7.49. The summed E-state index contributed by atoms with van der Waals surface area (Å²) >= 11 is 3.57. The zero-order chi connectivity index (χ0) is 14.7. The maximum atomic E-state index is 14.0. The van der Waals surface area contributed by atoms with E-state index in [0.29, 0.717) is 12.0 Å². The van der Waals surface area contributed by atoms with E-state index in [-0.39, 0.29) is 11.9 Å². The molecule has 5 heteroatoms. The largest absolute Gasteiger partial charge is 0.310 e. The third-order valence-corrected chi connectivity index (χ3v) is 4.42. The SMILES string of the molecule is CCNC(Cc1c(Br)c(C)nn1C)c1ccccc1F. The molecule has 1 unspecified atom stereocenters. The van der Waals surface area contributed by atoms with Gasteiger partial charge in [0.1, 0.15) is 5.82 Å². The number of aromatic nitrogens is 2. The second kappa shape index (κ2) is 6.50. The lowest BCUT2D eigenvalue weighted by atomic mass is 10.0. The summed E-state index contributed by atoms with van der Waals surface area (Å²) in [6.45, 7) is 4.77. The first kappa shape index (κ1) is 15.2. The van der Waals surface area contributed by atoms with Gasteiger partial charge in [-0.15, -0.1) is 0 Å². The molecular formula is C15H19BrFN3. The van der Waals surface area contributed by atoms with Crippen LogP contribution in [0.2, 0.25) is 0 Å². The van der Waals surface area contributed by atoms with Gasteiger partial charge in [0.25, 0.3) is 0 Å². The van der Waals surface area contributed by atoms with Crippen LogP contribution in [0.4, 0.5) is 4.39 Å². The number of nitrogens with one attached hydrogen (secondary N) is 1. The first-order chi connectivity index (χ1) is 9.54. The molecule has 0 saturated heterocycles. The Balaban J connectivity index is 2.33. The van der Waals surface area contributed by atoms with Gasteiger partial charge in [0.2, 0.25) is 0 Å². The molecule has 0 radical (unpaired) electrons. The summed E-state index contributed by atoms with van der Waals surface area (Å²) in [4.78, 5) is 0. The molecule has 108 valence electrons. The van der Waals surface area contributed by atoms with Crippen LogP contribution in [0.5, 0.6) is 0 Å². The van der Waals surface area contributed by atoms with Gasteiger partial charge in [-0.3, -0.25) is 4.68 Å². The molecule has 1 N–H and O–H groups in total. The van der Waals surface area contributed by atoms with Gasteiger partial charge in [-0.1, -0.05) is 25.1 Å². The molecule has 0 bridgehead atoms. The minimum atomic E-state index is -0.173. The highest BCUT2D eigenvalue weighted by Gasteiger charge is 2.19. The Kier molecular flexibility index (Phi) is 4.94. The zero-order valence-electron chi connectivity index (χ0n) is 12.0. The summed E-state index contributed by atoms with van der Waals surface area (Å²) in [5, 5.41) is 7.74. The lowest BCUT2D eigenvalue weighted by Crippen LogP contribution is -2.25. The van der Waals surface area contributed by atoms with Crippen LogP contribution < -0.4 is 5.32 Å². The van der Waals surface area contributed by atoms with Gasteiger partial charge in [-0.25, -0.2) is 4.39 Å². The van der Waals surface area contributed by atoms with E-state index in [1.165, 1.54) is 6.07 Å². The molecule has 0 amide bonds. The number of rotatable bonds is 5. The Hall–Kier alpha value is -1.20. The van der Waals surface area contributed by atoms with Crippen LogP contribution in [0.15, 0.2) is 28.7 Å². The fourth-order valence-corrected chi connectivity index (χ4v) is 2.89. The topological polar surface area (TPSA) is 29.9 Å².